The summed E-state index contributed by atoms with van der Waals surface area (Å²) in [6.07, 6.45) is 1.51. The fourth-order valence-corrected chi connectivity index (χ4v) is 1.63. The van der Waals surface area contributed by atoms with E-state index in [0.29, 0.717) is 0 Å². The molecule has 2 aromatic heterocycles. The number of rotatable bonds is 3. The van der Waals surface area contributed by atoms with Crippen LogP contribution in [0.25, 0.3) is 5.69 Å². The molecule has 9 heteroatoms. The fourth-order valence-electron chi connectivity index (χ4n) is 1.47. The van der Waals surface area contributed by atoms with Crippen molar-refractivity contribution in [3.63, 3.8) is 0 Å². The van der Waals surface area contributed by atoms with Crippen LogP contribution in [-0.4, -0.2) is 29.7 Å². The molecule has 100 valence electrons. The van der Waals surface area contributed by atoms with Crippen LogP contribution in [0.1, 0.15) is 0 Å². The minimum Gasteiger partial charge on any atom is -0.387 e. The Morgan fingerprint density at radius 2 is 1.85 bits per heavy atom. The molecular weight excluding hydrogens is 282 g/mol. The molecule has 0 amide bonds. The van der Waals surface area contributed by atoms with Gasteiger partial charge in [0.15, 0.2) is 0 Å². The summed E-state index contributed by atoms with van der Waals surface area (Å²) in [6.45, 7) is 0. The van der Waals surface area contributed by atoms with Crippen molar-refractivity contribution >= 4 is 17.5 Å². The molecule has 8 nitrogen and oxygen atoms in total. The van der Waals surface area contributed by atoms with Crippen molar-refractivity contribution in [2.45, 2.75) is 0 Å². The van der Waals surface area contributed by atoms with Crippen molar-refractivity contribution < 1.29 is 4.74 Å². The van der Waals surface area contributed by atoms with Gasteiger partial charge in [-0.3, -0.25) is 0 Å². The van der Waals surface area contributed by atoms with Gasteiger partial charge in [0.25, 0.3) is 0 Å². The highest BCUT2D eigenvalue weighted by molar-refractivity contribution is 6.28. The van der Waals surface area contributed by atoms with E-state index in [0.717, 1.165) is 5.69 Å². The zero-order valence-corrected chi connectivity index (χ0v) is 10.8. The molecule has 0 atom stereocenters. The number of para-hydroxylation sites is 1. The van der Waals surface area contributed by atoms with Crippen molar-refractivity contribution in [2.24, 2.45) is 0 Å². The molecule has 0 radical (unpaired) electrons. The van der Waals surface area contributed by atoms with E-state index in [-0.39, 0.29) is 23.3 Å². The van der Waals surface area contributed by atoms with Crippen molar-refractivity contribution in [3.05, 3.63) is 41.9 Å². The maximum absolute atomic E-state index is 5.65. The predicted molar refractivity (Wildman–Crippen MR) is 70.7 cm³/mol. The predicted octanol–water partition coefficient (Wildman–Crippen LogP) is 1.48. The number of nitrogen functional groups attached to an aromatic ring is 1. The topological polar surface area (TPSA) is 105 Å². The fraction of sp³-hybridized carbons (Fsp3) is 0. The average molecular weight is 290 g/mol. The van der Waals surface area contributed by atoms with Gasteiger partial charge in [-0.15, -0.1) is 5.10 Å². The largest absolute Gasteiger partial charge is 0.387 e. The zero-order chi connectivity index (χ0) is 13.9. The second kappa shape index (κ2) is 5.10. The molecule has 3 rings (SSSR count). The monoisotopic (exact) mass is 289 g/mol. The van der Waals surface area contributed by atoms with Gasteiger partial charge in [0.1, 0.15) is 6.33 Å². The molecule has 0 aliphatic rings. The number of hydrogen-bond acceptors (Lipinski definition) is 7. The highest BCUT2D eigenvalue weighted by Gasteiger charge is 2.09. The van der Waals surface area contributed by atoms with E-state index in [2.05, 4.69) is 25.0 Å². The standard InChI is InChI=1S/C11H8ClN7O/c12-8-15-9(13)17-11(16-8)20-10-14-6-19(18-10)7-4-2-1-3-5-7/h1-6H,(H2,13,15,16,17). The van der Waals surface area contributed by atoms with E-state index in [1.54, 1.807) is 4.68 Å². The molecule has 20 heavy (non-hydrogen) atoms. The number of nitrogens with zero attached hydrogens (tertiary/aromatic N) is 6. The van der Waals surface area contributed by atoms with Crippen LogP contribution in [-0.2, 0) is 0 Å². The van der Waals surface area contributed by atoms with Crippen molar-refractivity contribution in [3.8, 4) is 17.7 Å². The maximum atomic E-state index is 5.65. The molecule has 3 aromatic rings. The number of halogens is 1. The second-order valence-electron chi connectivity index (χ2n) is 3.65. The molecule has 0 saturated carbocycles. The summed E-state index contributed by atoms with van der Waals surface area (Å²) < 4.78 is 6.83. The van der Waals surface area contributed by atoms with Gasteiger partial charge >= 0.3 is 12.0 Å². The Bertz CT molecular complexity index is 710. The van der Waals surface area contributed by atoms with E-state index < -0.39 is 0 Å². The molecule has 0 aliphatic carbocycles. The first-order valence-electron chi connectivity index (χ1n) is 5.53. The van der Waals surface area contributed by atoms with Crippen LogP contribution in [0.5, 0.6) is 12.0 Å². The SMILES string of the molecule is Nc1nc(Cl)nc(Oc2ncn(-c3ccccc3)n2)n1. The lowest BCUT2D eigenvalue weighted by atomic mass is 10.3. The molecule has 0 aliphatic heterocycles. The number of anilines is 1. The molecule has 0 spiro atoms. The summed E-state index contributed by atoms with van der Waals surface area (Å²) in [5.41, 5.74) is 6.29. The third-order valence-electron chi connectivity index (χ3n) is 2.28. The molecule has 0 saturated heterocycles. The maximum Gasteiger partial charge on any atom is 0.343 e. The van der Waals surface area contributed by atoms with Crippen LogP contribution >= 0.6 is 11.6 Å². The summed E-state index contributed by atoms with van der Waals surface area (Å²) in [4.78, 5) is 15.2. The van der Waals surface area contributed by atoms with Crippen LogP contribution in [0, 0.1) is 0 Å². The minimum atomic E-state index is -0.0617. The summed E-state index contributed by atoms with van der Waals surface area (Å²) >= 11 is 5.65. The molecular formula is C11H8ClN7O. The number of hydrogen-bond donors (Lipinski definition) is 1. The van der Waals surface area contributed by atoms with Gasteiger partial charge in [-0.2, -0.15) is 19.9 Å². The van der Waals surface area contributed by atoms with E-state index in [9.17, 15) is 0 Å². The first-order chi connectivity index (χ1) is 9.70. The van der Waals surface area contributed by atoms with Crippen molar-refractivity contribution in [2.75, 3.05) is 5.73 Å². The average Bonchev–Trinajstić information content (AvgIpc) is 2.87. The smallest absolute Gasteiger partial charge is 0.343 e. The number of nitrogens with two attached hydrogens (primary N) is 1. The number of benzene rings is 1. The molecule has 0 bridgehead atoms. The first-order valence-corrected chi connectivity index (χ1v) is 5.90. The van der Waals surface area contributed by atoms with Crippen LogP contribution in [0.4, 0.5) is 5.95 Å². The Kier molecular flexibility index (Phi) is 3.13. The number of aromatic nitrogens is 6. The Labute approximate surface area is 118 Å². The Balaban J connectivity index is 1.84. The molecule has 0 unspecified atom stereocenters. The Morgan fingerprint density at radius 3 is 2.60 bits per heavy atom. The zero-order valence-electron chi connectivity index (χ0n) is 10.0. The van der Waals surface area contributed by atoms with Gasteiger partial charge < -0.3 is 10.5 Å². The lowest BCUT2D eigenvalue weighted by Gasteiger charge is -2.00. The highest BCUT2D eigenvalue weighted by atomic mass is 35.5. The molecule has 0 fully saturated rings. The van der Waals surface area contributed by atoms with E-state index in [4.69, 9.17) is 22.1 Å². The minimum absolute atomic E-state index is 0.0394. The molecule has 2 N–H and O–H groups in total. The van der Waals surface area contributed by atoms with Crippen molar-refractivity contribution in [1.82, 2.24) is 29.7 Å². The van der Waals surface area contributed by atoms with Gasteiger partial charge in [-0.05, 0) is 23.7 Å². The van der Waals surface area contributed by atoms with Crippen LogP contribution < -0.4 is 10.5 Å². The summed E-state index contributed by atoms with van der Waals surface area (Å²) in [5, 5.41) is 4.07. The quantitative estimate of drug-likeness (QED) is 0.778. The lowest BCUT2D eigenvalue weighted by Crippen LogP contribution is -2.01. The summed E-state index contributed by atoms with van der Waals surface area (Å²) in [6, 6.07) is 9.48. The lowest BCUT2D eigenvalue weighted by molar-refractivity contribution is 0.406. The Hall–Kier alpha value is -2.74. The normalized spacial score (nSPS) is 10.4. The number of ether oxygens (including phenoxy) is 1. The first kappa shape index (κ1) is 12.3. The van der Waals surface area contributed by atoms with Crippen LogP contribution in [0.15, 0.2) is 36.7 Å². The van der Waals surface area contributed by atoms with Gasteiger partial charge in [0.2, 0.25) is 11.2 Å². The van der Waals surface area contributed by atoms with Crippen LogP contribution in [0.2, 0.25) is 5.28 Å². The van der Waals surface area contributed by atoms with Gasteiger partial charge in [-0.25, -0.2) is 4.68 Å². The van der Waals surface area contributed by atoms with Crippen LogP contribution in [0.3, 0.4) is 0 Å². The Morgan fingerprint density at radius 1 is 1.05 bits per heavy atom. The third kappa shape index (κ3) is 2.64. The summed E-state index contributed by atoms with van der Waals surface area (Å²) in [7, 11) is 0. The van der Waals surface area contributed by atoms with Crippen molar-refractivity contribution in [1.29, 1.82) is 0 Å². The molecule has 1 aromatic carbocycles. The third-order valence-corrected chi connectivity index (χ3v) is 2.45. The van der Waals surface area contributed by atoms with E-state index in [1.807, 2.05) is 30.3 Å². The van der Waals surface area contributed by atoms with E-state index in [1.165, 1.54) is 6.33 Å². The van der Waals surface area contributed by atoms with E-state index >= 15 is 0 Å². The van der Waals surface area contributed by atoms with Gasteiger partial charge in [0, 0.05) is 0 Å². The summed E-state index contributed by atoms with van der Waals surface area (Å²) in [5.74, 6) is -0.0394. The molecule has 2 heterocycles. The van der Waals surface area contributed by atoms with Gasteiger partial charge in [0.05, 0.1) is 5.69 Å². The van der Waals surface area contributed by atoms with Gasteiger partial charge in [-0.1, -0.05) is 18.2 Å². The second-order valence-corrected chi connectivity index (χ2v) is 3.99. The highest BCUT2D eigenvalue weighted by Crippen LogP contribution is 2.16.